The van der Waals surface area contributed by atoms with Gasteiger partial charge < -0.3 is 15.3 Å². The van der Waals surface area contributed by atoms with E-state index in [1.54, 1.807) is 11.3 Å². The maximum absolute atomic E-state index is 12.6. The maximum atomic E-state index is 12.6. The minimum absolute atomic E-state index is 0.0429. The van der Waals surface area contributed by atoms with Gasteiger partial charge in [0.15, 0.2) is 5.13 Å². The normalized spacial score (nSPS) is 17.4. The van der Waals surface area contributed by atoms with Gasteiger partial charge in [0.25, 0.3) is 5.91 Å². The van der Waals surface area contributed by atoms with E-state index in [1.807, 2.05) is 18.2 Å². The van der Waals surface area contributed by atoms with Crippen molar-refractivity contribution >= 4 is 32.6 Å². The molecule has 28 heavy (non-hydrogen) atoms. The van der Waals surface area contributed by atoms with Gasteiger partial charge >= 0.3 is 0 Å². The van der Waals surface area contributed by atoms with Gasteiger partial charge in [0.05, 0.1) is 22.9 Å². The Labute approximate surface area is 171 Å². The number of anilines is 1. The molecule has 0 radical (unpaired) electrons. The highest BCUT2D eigenvalue weighted by atomic mass is 32.1. The summed E-state index contributed by atoms with van der Waals surface area (Å²) >= 11 is 1.60. The van der Waals surface area contributed by atoms with Crippen LogP contribution in [0.25, 0.3) is 10.2 Å². The Morgan fingerprint density at radius 2 is 2.11 bits per heavy atom. The molecule has 1 unspecified atom stereocenters. The number of carbonyl (C=O) groups is 1. The largest absolute Gasteiger partial charge is 0.394 e. The number of nitrogens with one attached hydrogen (secondary N) is 1. The topological polar surface area (TPSA) is 68.7 Å². The molecule has 7 heteroatoms. The minimum Gasteiger partial charge on any atom is -0.394 e. The lowest BCUT2D eigenvalue weighted by Gasteiger charge is -2.30. The van der Waals surface area contributed by atoms with Crippen LogP contribution in [0, 0.1) is 0 Å². The summed E-state index contributed by atoms with van der Waals surface area (Å²) in [5.74, 6) is -0.0429. The lowest BCUT2D eigenvalue weighted by Crippen LogP contribution is -2.42. The zero-order chi connectivity index (χ0) is 20.3. The van der Waals surface area contributed by atoms with Crippen LogP contribution in [0.2, 0.25) is 0 Å². The summed E-state index contributed by atoms with van der Waals surface area (Å²) in [4.78, 5) is 21.9. The number of aromatic nitrogens is 1. The highest BCUT2D eigenvalue weighted by molar-refractivity contribution is 7.22. The second-order valence-corrected chi connectivity index (χ2v) is 9.04. The first-order valence-corrected chi connectivity index (χ1v) is 11.0. The first kappa shape index (κ1) is 21.0. The number of benzene rings is 1. The van der Waals surface area contributed by atoms with Crippen molar-refractivity contribution in [3.8, 4) is 0 Å². The van der Waals surface area contributed by atoms with Gasteiger partial charge in [0.2, 0.25) is 0 Å². The van der Waals surface area contributed by atoms with Crippen molar-refractivity contribution in [3.05, 3.63) is 23.8 Å². The average molecular weight is 405 g/mol. The summed E-state index contributed by atoms with van der Waals surface area (Å²) in [6.45, 7) is 11.3. The molecule has 1 aromatic heterocycles. The first-order valence-electron chi connectivity index (χ1n) is 10.2. The van der Waals surface area contributed by atoms with Gasteiger partial charge in [-0.25, -0.2) is 4.98 Å². The van der Waals surface area contributed by atoms with Crippen LogP contribution >= 0.6 is 11.3 Å². The van der Waals surface area contributed by atoms with Crippen molar-refractivity contribution in [1.82, 2.24) is 15.2 Å². The summed E-state index contributed by atoms with van der Waals surface area (Å²) in [5.41, 5.74) is 1.58. The highest BCUT2D eigenvalue weighted by Crippen LogP contribution is 2.33. The van der Waals surface area contributed by atoms with Crippen LogP contribution in [0.3, 0.4) is 0 Å². The molecule has 154 valence electrons. The number of hydrogen-bond donors (Lipinski definition) is 2. The number of amides is 1. The molecule has 1 amide bonds. The van der Waals surface area contributed by atoms with E-state index < -0.39 is 0 Å². The third-order valence-electron chi connectivity index (χ3n) is 5.46. The number of thiazole rings is 1. The number of carbonyl (C=O) groups excluding carboxylic acids is 1. The predicted molar refractivity (Wildman–Crippen MR) is 116 cm³/mol. The predicted octanol–water partition coefficient (Wildman–Crippen LogP) is 3.11. The molecular formula is C21H32N4O2S. The van der Waals surface area contributed by atoms with E-state index in [0.29, 0.717) is 24.2 Å². The van der Waals surface area contributed by atoms with Crippen LogP contribution < -0.4 is 10.2 Å². The standard InChI is InChI=1S/C21H32N4O2S/c1-14(2)24(15(3)4)11-9-22-20(27)16-7-8-18-19(12-16)28-21(23-18)25-10-5-6-17(25)13-26/h7-8,12,14-15,17,26H,5-6,9-11,13H2,1-4H3,(H,22,27). The van der Waals surface area contributed by atoms with Crippen molar-refractivity contribution in [2.45, 2.75) is 58.7 Å². The number of aliphatic hydroxyl groups is 1. The van der Waals surface area contributed by atoms with Crippen LogP contribution in [0.4, 0.5) is 5.13 Å². The van der Waals surface area contributed by atoms with Gasteiger partial charge in [-0.1, -0.05) is 11.3 Å². The van der Waals surface area contributed by atoms with Crippen LogP contribution in [-0.4, -0.2) is 65.3 Å². The summed E-state index contributed by atoms with van der Waals surface area (Å²) < 4.78 is 1.01. The van der Waals surface area contributed by atoms with E-state index in [2.05, 4.69) is 42.8 Å². The lowest BCUT2D eigenvalue weighted by molar-refractivity contribution is 0.0939. The Bertz CT molecular complexity index is 797. The Balaban J connectivity index is 1.66. The second kappa shape index (κ2) is 9.20. The molecule has 0 saturated carbocycles. The molecule has 1 aliphatic heterocycles. The number of hydrogen-bond acceptors (Lipinski definition) is 6. The van der Waals surface area contributed by atoms with E-state index in [1.165, 1.54) is 0 Å². The van der Waals surface area contributed by atoms with Gasteiger partial charge in [-0.15, -0.1) is 0 Å². The van der Waals surface area contributed by atoms with E-state index in [0.717, 1.165) is 41.3 Å². The van der Waals surface area contributed by atoms with E-state index >= 15 is 0 Å². The van der Waals surface area contributed by atoms with Crippen molar-refractivity contribution in [2.75, 3.05) is 31.1 Å². The Hall–Kier alpha value is -1.70. The Morgan fingerprint density at radius 1 is 1.36 bits per heavy atom. The van der Waals surface area contributed by atoms with Gasteiger partial charge in [0.1, 0.15) is 0 Å². The molecule has 1 aromatic carbocycles. The fraction of sp³-hybridized carbons (Fsp3) is 0.619. The maximum Gasteiger partial charge on any atom is 0.251 e. The molecule has 3 rings (SSSR count). The highest BCUT2D eigenvalue weighted by Gasteiger charge is 2.26. The van der Waals surface area contributed by atoms with E-state index in [-0.39, 0.29) is 18.6 Å². The average Bonchev–Trinajstić information content (AvgIpc) is 3.29. The third kappa shape index (κ3) is 4.64. The smallest absolute Gasteiger partial charge is 0.251 e. The number of rotatable bonds is 8. The molecular weight excluding hydrogens is 372 g/mol. The summed E-state index contributed by atoms with van der Waals surface area (Å²) in [7, 11) is 0. The van der Waals surface area contributed by atoms with Crippen LogP contribution in [-0.2, 0) is 0 Å². The monoisotopic (exact) mass is 404 g/mol. The molecule has 1 atom stereocenters. The van der Waals surface area contributed by atoms with Gasteiger partial charge in [0, 0.05) is 37.3 Å². The van der Waals surface area contributed by atoms with Crippen molar-refractivity contribution < 1.29 is 9.90 Å². The molecule has 1 aliphatic rings. The van der Waals surface area contributed by atoms with E-state index in [9.17, 15) is 9.90 Å². The molecule has 2 heterocycles. The van der Waals surface area contributed by atoms with Gasteiger partial charge in [-0.05, 0) is 58.7 Å². The Morgan fingerprint density at radius 3 is 2.79 bits per heavy atom. The second-order valence-electron chi connectivity index (χ2n) is 8.03. The molecule has 6 nitrogen and oxygen atoms in total. The van der Waals surface area contributed by atoms with E-state index in [4.69, 9.17) is 4.98 Å². The summed E-state index contributed by atoms with van der Waals surface area (Å²) in [5, 5.41) is 13.5. The lowest BCUT2D eigenvalue weighted by atomic mass is 10.2. The van der Waals surface area contributed by atoms with Gasteiger partial charge in [-0.3, -0.25) is 9.69 Å². The van der Waals surface area contributed by atoms with Crippen molar-refractivity contribution in [3.63, 3.8) is 0 Å². The zero-order valence-electron chi connectivity index (χ0n) is 17.3. The Kier molecular flexibility index (Phi) is 6.91. The zero-order valence-corrected chi connectivity index (χ0v) is 18.1. The molecule has 1 saturated heterocycles. The SMILES string of the molecule is CC(C)N(CCNC(=O)c1ccc2nc(N3CCCC3CO)sc2c1)C(C)C. The number of fused-ring (bicyclic) bond motifs is 1. The molecule has 2 aromatic rings. The van der Waals surface area contributed by atoms with Crippen molar-refractivity contribution in [1.29, 1.82) is 0 Å². The van der Waals surface area contributed by atoms with Gasteiger partial charge in [-0.2, -0.15) is 0 Å². The number of nitrogens with zero attached hydrogens (tertiary/aromatic N) is 3. The molecule has 1 fully saturated rings. The first-order chi connectivity index (χ1) is 13.4. The van der Waals surface area contributed by atoms with Crippen LogP contribution in [0.5, 0.6) is 0 Å². The minimum atomic E-state index is -0.0429. The molecule has 0 bridgehead atoms. The quantitative estimate of drug-likeness (QED) is 0.708. The fourth-order valence-electron chi connectivity index (χ4n) is 3.97. The molecule has 2 N–H and O–H groups in total. The summed E-state index contributed by atoms with van der Waals surface area (Å²) in [6.07, 6.45) is 2.09. The molecule has 0 spiro atoms. The van der Waals surface area contributed by atoms with Crippen LogP contribution in [0.1, 0.15) is 50.9 Å². The summed E-state index contributed by atoms with van der Waals surface area (Å²) in [6, 6.07) is 6.76. The number of aliphatic hydroxyl groups excluding tert-OH is 1. The molecule has 0 aliphatic carbocycles. The third-order valence-corrected chi connectivity index (χ3v) is 6.51. The fourth-order valence-corrected chi connectivity index (χ4v) is 5.07. The van der Waals surface area contributed by atoms with Crippen molar-refractivity contribution in [2.24, 2.45) is 0 Å². The van der Waals surface area contributed by atoms with Crippen LogP contribution in [0.15, 0.2) is 18.2 Å².